The minimum atomic E-state index is -2.54. The summed E-state index contributed by atoms with van der Waals surface area (Å²) in [5, 5.41) is 3.44. The molecule has 3 heterocycles. The molecule has 268 valence electrons. The number of fused-ring (bicyclic) bond motifs is 1. The van der Waals surface area contributed by atoms with Crippen molar-refractivity contribution in [3.05, 3.63) is 76.5 Å². The van der Waals surface area contributed by atoms with Gasteiger partial charge in [0.2, 0.25) is 0 Å². The molecule has 8 nitrogen and oxygen atoms in total. The molecule has 0 atom stereocenters. The molecule has 0 fully saturated rings. The first-order valence-electron chi connectivity index (χ1n) is 20.8. The molecule has 1 aliphatic rings. The van der Waals surface area contributed by atoms with E-state index in [0.29, 0.717) is 46.0 Å². The number of benzene rings is 2. The Balaban J connectivity index is 1.74. The Bertz CT molecular complexity index is 2030. The van der Waals surface area contributed by atoms with E-state index in [1.807, 2.05) is 52.5 Å². The standard InChI is InChI=1S/C42H60N8/c1-25(2)29-18-33(26(3)4)37(34(19-29)27(5)6)30-16-31(45-23-48(14)38-28(7)43-21-35(46-38)41(8,9)10)20-32(17-30)50-24-49(15)40-39(50)44-22-36(47-40)42(11,12)13/h16-22,25-27,45H,23-24H2,1-15H3/i14D3,15D3. The van der Waals surface area contributed by atoms with Crippen molar-refractivity contribution in [1.82, 2.24) is 19.9 Å². The molecule has 1 N–H and O–H groups in total. The van der Waals surface area contributed by atoms with Crippen LogP contribution in [0.25, 0.3) is 11.1 Å². The third-order valence-electron chi connectivity index (χ3n) is 9.34. The molecule has 0 spiro atoms. The molecule has 0 saturated carbocycles. The quantitative estimate of drug-likeness (QED) is 0.175. The lowest BCUT2D eigenvalue weighted by Crippen LogP contribution is -2.28. The summed E-state index contributed by atoms with van der Waals surface area (Å²) in [5.41, 5.74) is 8.25. The average molecular weight is 683 g/mol. The summed E-state index contributed by atoms with van der Waals surface area (Å²) in [4.78, 5) is 23.5. The van der Waals surface area contributed by atoms with Gasteiger partial charge in [0.05, 0.1) is 36.6 Å². The fourth-order valence-electron chi connectivity index (χ4n) is 6.19. The number of nitrogens with one attached hydrogen (secondary N) is 1. The van der Waals surface area contributed by atoms with Gasteiger partial charge in [-0.1, -0.05) is 95.2 Å². The zero-order valence-electron chi connectivity index (χ0n) is 38.3. The number of hydrogen-bond donors (Lipinski definition) is 1. The van der Waals surface area contributed by atoms with Crippen LogP contribution in [0.5, 0.6) is 0 Å². The van der Waals surface area contributed by atoms with Crippen molar-refractivity contribution < 1.29 is 8.22 Å². The highest BCUT2D eigenvalue weighted by Crippen LogP contribution is 2.44. The Hall–Kier alpha value is -4.20. The van der Waals surface area contributed by atoms with Gasteiger partial charge in [-0.2, -0.15) is 0 Å². The van der Waals surface area contributed by atoms with E-state index in [1.165, 1.54) is 26.5 Å². The van der Waals surface area contributed by atoms with Crippen molar-refractivity contribution in [3.8, 4) is 11.1 Å². The minimum Gasteiger partial charge on any atom is -0.368 e. The number of aryl methyl sites for hydroxylation is 1. The van der Waals surface area contributed by atoms with Crippen LogP contribution >= 0.6 is 0 Å². The number of hydrogen-bond acceptors (Lipinski definition) is 8. The predicted octanol–water partition coefficient (Wildman–Crippen LogP) is 10.3. The smallest absolute Gasteiger partial charge is 0.178 e. The van der Waals surface area contributed by atoms with Crippen LogP contribution in [0.1, 0.15) is 143 Å². The third kappa shape index (κ3) is 7.59. The van der Waals surface area contributed by atoms with Crippen LogP contribution < -0.4 is 20.0 Å². The van der Waals surface area contributed by atoms with E-state index in [9.17, 15) is 0 Å². The number of anilines is 5. The molecular formula is C42H60N8. The highest BCUT2D eigenvalue weighted by molar-refractivity contribution is 5.84. The van der Waals surface area contributed by atoms with Crippen molar-refractivity contribution in [2.24, 2.45) is 0 Å². The van der Waals surface area contributed by atoms with Crippen molar-refractivity contribution in [2.45, 2.75) is 119 Å². The molecular weight excluding hydrogens is 617 g/mol. The molecule has 0 aliphatic carbocycles. The monoisotopic (exact) mass is 683 g/mol. The molecule has 0 amide bonds. The topological polar surface area (TPSA) is 73.3 Å². The SMILES string of the molecule is [2H]C([2H])([2H])N(CNc1cc(-c2c(C(C)C)cc(C(C)C)cc2C(C)C)cc(N2CN(C([2H])([2H])[2H])c3nc(C(C)(C)C)cnc32)c1)c1nc(C(C)(C)C)cnc1C. The summed E-state index contributed by atoms with van der Waals surface area (Å²) >= 11 is 0. The molecule has 50 heavy (non-hydrogen) atoms. The Labute approximate surface area is 310 Å². The molecule has 0 bridgehead atoms. The molecule has 8 heteroatoms. The average Bonchev–Trinajstić information content (AvgIpc) is 3.47. The largest absolute Gasteiger partial charge is 0.368 e. The summed E-state index contributed by atoms with van der Waals surface area (Å²) in [7, 11) is 0. The lowest BCUT2D eigenvalue weighted by molar-refractivity contribution is 0.564. The zero-order valence-corrected chi connectivity index (χ0v) is 32.3. The van der Waals surface area contributed by atoms with Crippen LogP contribution in [0.15, 0.2) is 42.7 Å². The molecule has 0 unspecified atom stereocenters. The number of aromatic nitrogens is 4. The molecule has 2 aromatic heterocycles. The van der Waals surface area contributed by atoms with Gasteiger partial charge in [0.25, 0.3) is 0 Å². The Morgan fingerprint density at radius 1 is 0.800 bits per heavy atom. The second-order valence-corrected chi connectivity index (χ2v) is 16.6. The Morgan fingerprint density at radius 3 is 1.98 bits per heavy atom. The molecule has 0 saturated heterocycles. The molecule has 2 aromatic carbocycles. The van der Waals surface area contributed by atoms with Gasteiger partial charge in [-0.15, -0.1) is 0 Å². The van der Waals surface area contributed by atoms with E-state index >= 15 is 0 Å². The lowest BCUT2D eigenvalue weighted by atomic mass is 9.81. The summed E-state index contributed by atoms with van der Waals surface area (Å²) < 4.78 is 51.1. The van der Waals surface area contributed by atoms with Gasteiger partial charge < -0.3 is 20.0 Å². The minimum absolute atomic E-state index is 0.00153. The van der Waals surface area contributed by atoms with Crippen molar-refractivity contribution in [3.63, 3.8) is 0 Å². The van der Waals surface area contributed by atoms with E-state index in [-0.39, 0.29) is 41.8 Å². The maximum Gasteiger partial charge on any atom is 0.178 e. The second-order valence-electron chi connectivity index (χ2n) is 16.6. The van der Waals surface area contributed by atoms with Crippen LogP contribution in [0.2, 0.25) is 0 Å². The summed E-state index contributed by atoms with van der Waals surface area (Å²) in [5.74, 6) is 1.75. The van der Waals surface area contributed by atoms with Crippen LogP contribution in [0.3, 0.4) is 0 Å². The zero-order chi connectivity index (χ0) is 41.9. The summed E-state index contributed by atoms with van der Waals surface area (Å²) in [6, 6.07) is 10.7. The highest BCUT2D eigenvalue weighted by Gasteiger charge is 2.31. The van der Waals surface area contributed by atoms with Crippen LogP contribution in [0, 0.1) is 6.92 Å². The van der Waals surface area contributed by atoms with Gasteiger partial charge in [0.1, 0.15) is 0 Å². The van der Waals surface area contributed by atoms with Crippen molar-refractivity contribution in [2.75, 3.05) is 47.3 Å². The normalized spacial score (nSPS) is 15.8. The summed E-state index contributed by atoms with van der Waals surface area (Å²) in [6.45, 7) is 22.0. The van der Waals surface area contributed by atoms with Gasteiger partial charge in [0.15, 0.2) is 17.5 Å². The maximum atomic E-state index is 8.57. The summed E-state index contributed by atoms with van der Waals surface area (Å²) in [6.07, 6.45) is 3.42. The third-order valence-corrected chi connectivity index (χ3v) is 9.34. The fourth-order valence-corrected chi connectivity index (χ4v) is 6.19. The maximum absolute atomic E-state index is 8.57. The van der Waals surface area contributed by atoms with Gasteiger partial charge in [0, 0.05) is 50.6 Å². The van der Waals surface area contributed by atoms with Crippen LogP contribution in [-0.2, 0) is 10.8 Å². The predicted molar refractivity (Wildman–Crippen MR) is 213 cm³/mol. The lowest BCUT2D eigenvalue weighted by Gasteiger charge is -2.27. The van der Waals surface area contributed by atoms with Crippen molar-refractivity contribution in [1.29, 1.82) is 0 Å². The highest BCUT2D eigenvalue weighted by atomic mass is 15.4. The first-order valence-corrected chi connectivity index (χ1v) is 17.8. The molecule has 0 radical (unpaired) electrons. The fraction of sp³-hybridized carbons (Fsp3) is 0.524. The van der Waals surface area contributed by atoms with Crippen molar-refractivity contribution >= 4 is 28.8 Å². The number of rotatable bonds is 9. The van der Waals surface area contributed by atoms with Crippen LogP contribution in [-0.4, -0.2) is 47.2 Å². The Kier molecular flexibility index (Phi) is 8.17. The van der Waals surface area contributed by atoms with Gasteiger partial charge in [-0.05, 0) is 70.7 Å². The molecule has 1 aliphatic heterocycles. The van der Waals surface area contributed by atoms with Gasteiger partial charge in [-0.3, -0.25) is 4.98 Å². The number of nitrogens with zero attached hydrogens (tertiary/aromatic N) is 7. The van der Waals surface area contributed by atoms with E-state index < -0.39 is 14.0 Å². The molecule has 4 aromatic rings. The van der Waals surface area contributed by atoms with E-state index in [4.69, 9.17) is 23.2 Å². The Morgan fingerprint density at radius 2 is 1.42 bits per heavy atom. The molecule has 5 rings (SSSR count). The van der Waals surface area contributed by atoms with E-state index in [0.717, 1.165) is 11.1 Å². The van der Waals surface area contributed by atoms with Crippen LogP contribution in [0.4, 0.5) is 28.8 Å². The first kappa shape index (κ1) is 29.5. The first-order chi connectivity index (χ1) is 25.7. The van der Waals surface area contributed by atoms with E-state index in [1.54, 1.807) is 19.3 Å². The van der Waals surface area contributed by atoms with E-state index in [2.05, 4.69) is 76.1 Å². The van der Waals surface area contributed by atoms with Gasteiger partial charge >= 0.3 is 0 Å². The van der Waals surface area contributed by atoms with Gasteiger partial charge in [-0.25, -0.2) is 15.0 Å². The second kappa shape index (κ2) is 13.8.